The summed E-state index contributed by atoms with van der Waals surface area (Å²) in [6.45, 7) is 0. The van der Waals surface area contributed by atoms with Gasteiger partial charge in [-0.1, -0.05) is 60.7 Å². The predicted molar refractivity (Wildman–Crippen MR) is 87.8 cm³/mol. The normalized spacial score (nSPS) is 23.7. The molecule has 2 nitrogen and oxygen atoms in total. The number of hydrogen-bond donors (Lipinski definition) is 0. The molecule has 2 atom stereocenters. The summed E-state index contributed by atoms with van der Waals surface area (Å²) >= 11 is 0. The number of rotatable bonds is 3. The second-order valence-corrected chi connectivity index (χ2v) is 5.93. The Bertz CT molecular complexity index is 680. The van der Waals surface area contributed by atoms with Crippen LogP contribution in [0.1, 0.15) is 41.0 Å². The van der Waals surface area contributed by atoms with Crippen molar-refractivity contribution in [3.63, 3.8) is 0 Å². The van der Waals surface area contributed by atoms with E-state index in [0.29, 0.717) is 17.8 Å². The molecule has 108 valence electrons. The van der Waals surface area contributed by atoms with Crippen molar-refractivity contribution in [2.75, 3.05) is 0 Å². The van der Waals surface area contributed by atoms with Gasteiger partial charge in [0.25, 0.3) is 0 Å². The van der Waals surface area contributed by atoms with Gasteiger partial charge in [0.15, 0.2) is 0 Å². The lowest BCUT2D eigenvalue weighted by molar-refractivity contribution is 0.279. The summed E-state index contributed by atoms with van der Waals surface area (Å²) in [6.07, 6.45) is 6.65. The first kappa shape index (κ1) is 13.2. The van der Waals surface area contributed by atoms with E-state index in [0.717, 1.165) is 5.69 Å². The van der Waals surface area contributed by atoms with Crippen molar-refractivity contribution in [3.8, 4) is 0 Å². The third-order valence-corrected chi connectivity index (χ3v) is 4.75. The maximum Gasteiger partial charge on any atom is 0.0629 e. The molecule has 0 amide bonds. The lowest BCUT2D eigenvalue weighted by Gasteiger charge is -2.45. The molecule has 0 N–H and O–H groups in total. The molecule has 2 aromatic carbocycles. The fraction of sp³-hybridized carbons (Fsp3) is 0.200. The molecule has 22 heavy (non-hydrogen) atoms. The van der Waals surface area contributed by atoms with Gasteiger partial charge in [-0.3, -0.25) is 9.97 Å². The molecule has 2 unspecified atom stereocenters. The van der Waals surface area contributed by atoms with Crippen molar-refractivity contribution in [2.24, 2.45) is 0 Å². The first-order valence-corrected chi connectivity index (χ1v) is 7.79. The van der Waals surface area contributed by atoms with E-state index < -0.39 is 0 Å². The number of nitrogens with zero attached hydrogens (tertiary/aromatic N) is 2. The lowest BCUT2D eigenvalue weighted by atomic mass is 9.59. The minimum absolute atomic E-state index is 0.415. The SMILES string of the molecule is c1ccc(C2CC(c3ccccc3)C2c2cnccn2)cc1. The van der Waals surface area contributed by atoms with Gasteiger partial charge in [-0.05, 0) is 29.4 Å². The molecule has 0 saturated heterocycles. The van der Waals surface area contributed by atoms with E-state index in [1.54, 1.807) is 12.4 Å². The van der Waals surface area contributed by atoms with Gasteiger partial charge in [0.2, 0.25) is 0 Å². The molecule has 4 rings (SSSR count). The van der Waals surface area contributed by atoms with Crippen LogP contribution in [0.25, 0.3) is 0 Å². The predicted octanol–water partition coefficient (Wildman–Crippen LogP) is 4.53. The Hall–Kier alpha value is -2.48. The molecule has 0 radical (unpaired) electrons. The Morgan fingerprint density at radius 3 is 1.82 bits per heavy atom. The molecule has 1 aliphatic carbocycles. The van der Waals surface area contributed by atoms with E-state index in [1.165, 1.54) is 17.5 Å². The average Bonchev–Trinajstić information content (AvgIpc) is 2.57. The van der Waals surface area contributed by atoms with Crippen LogP contribution < -0.4 is 0 Å². The Labute approximate surface area is 130 Å². The third kappa shape index (κ3) is 2.31. The van der Waals surface area contributed by atoms with Crippen LogP contribution in [0.15, 0.2) is 79.3 Å². The van der Waals surface area contributed by atoms with Crippen molar-refractivity contribution in [1.29, 1.82) is 0 Å². The van der Waals surface area contributed by atoms with E-state index in [-0.39, 0.29) is 0 Å². The Kier molecular flexibility index (Phi) is 3.43. The minimum Gasteiger partial charge on any atom is -0.261 e. The number of hydrogen-bond acceptors (Lipinski definition) is 2. The van der Waals surface area contributed by atoms with E-state index in [4.69, 9.17) is 0 Å². The quantitative estimate of drug-likeness (QED) is 0.707. The van der Waals surface area contributed by atoms with Crippen LogP contribution in [0.3, 0.4) is 0 Å². The fourth-order valence-electron chi connectivity index (χ4n) is 3.63. The fourth-order valence-corrected chi connectivity index (χ4v) is 3.63. The van der Waals surface area contributed by atoms with Crippen LogP contribution in [-0.4, -0.2) is 9.97 Å². The van der Waals surface area contributed by atoms with Crippen LogP contribution in [0, 0.1) is 0 Å². The Morgan fingerprint density at radius 2 is 1.32 bits per heavy atom. The van der Waals surface area contributed by atoms with Crippen molar-refractivity contribution < 1.29 is 0 Å². The summed E-state index contributed by atoms with van der Waals surface area (Å²) in [5.41, 5.74) is 3.92. The summed E-state index contributed by atoms with van der Waals surface area (Å²) in [4.78, 5) is 8.87. The minimum atomic E-state index is 0.415. The summed E-state index contributed by atoms with van der Waals surface area (Å²) < 4.78 is 0. The summed E-state index contributed by atoms with van der Waals surface area (Å²) in [7, 11) is 0. The highest BCUT2D eigenvalue weighted by Gasteiger charge is 2.44. The maximum absolute atomic E-state index is 4.59. The highest BCUT2D eigenvalue weighted by atomic mass is 14.8. The van der Waals surface area contributed by atoms with Crippen LogP contribution in [0.5, 0.6) is 0 Å². The molecule has 1 aromatic heterocycles. The van der Waals surface area contributed by atoms with Crippen LogP contribution in [-0.2, 0) is 0 Å². The Balaban J connectivity index is 1.71. The Morgan fingerprint density at radius 1 is 0.727 bits per heavy atom. The van der Waals surface area contributed by atoms with E-state index in [1.807, 2.05) is 6.20 Å². The monoisotopic (exact) mass is 286 g/mol. The molecule has 1 aliphatic rings. The van der Waals surface area contributed by atoms with Gasteiger partial charge in [0.1, 0.15) is 0 Å². The second kappa shape index (κ2) is 5.72. The molecule has 1 saturated carbocycles. The molecule has 0 aliphatic heterocycles. The van der Waals surface area contributed by atoms with Gasteiger partial charge in [-0.15, -0.1) is 0 Å². The molecule has 2 heteroatoms. The standard InChI is InChI=1S/C20H18N2/c1-3-7-15(8-4-1)17-13-18(16-9-5-2-6-10-16)20(17)19-14-21-11-12-22-19/h1-12,14,17-18,20H,13H2. The van der Waals surface area contributed by atoms with Crippen LogP contribution in [0.4, 0.5) is 0 Å². The van der Waals surface area contributed by atoms with E-state index in [2.05, 4.69) is 70.6 Å². The zero-order valence-corrected chi connectivity index (χ0v) is 12.3. The molecular formula is C20H18N2. The van der Waals surface area contributed by atoms with Crippen LogP contribution in [0.2, 0.25) is 0 Å². The number of aromatic nitrogens is 2. The maximum atomic E-state index is 4.59. The van der Waals surface area contributed by atoms with Crippen LogP contribution >= 0.6 is 0 Å². The largest absolute Gasteiger partial charge is 0.261 e. The average molecular weight is 286 g/mol. The molecule has 3 aromatic rings. The van der Waals surface area contributed by atoms with E-state index in [9.17, 15) is 0 Å². The number of benzene rings is 2. The van der Waals surface area contributed by atoms with Crippen molar-refractivity contribution in [2.45, 2.75) is 24.2 Å². The first-order valence-electron chi connectivity index (χ1n) is 7.79. The molecule has 1 heterocycles. The highest BCUT2D eigenvalue weighted by molar-refractivity contribution is 5.37. The second-order valence-electron chi connectivity index (χ2n) is 5.93. The molecule has 0 spiro atoms. The van der Waals surface area contributed by atoms with Gasteiger partial charge in [0, 0.05) is 24.5 Å². The van der Waals surface area contributed by atoms with Gasteiger partial charge < -0.3 is 0 Å². The molecule has 1 fully saturated rings. The summed E-state index contributed by atoms with van der Waals surface area (Å²) in [5, 5.41) is 0. The lowest BCUT2D eigenvalue weighted by Crippen LogP contribution is -2.32. The smallest absolute Gasteiger partial charge is 0.0629 e. The topological polar surface area (TPSA) is 25.8 Å². The summed E-state index contributed by atoms with van der Waals surface area (Å²) in [6, 6.07) is 21.6. The third-order valence-electron chi connectivity index (χ3n) is 4.75. The zero-order valence-electron chi connectivity index (χ0n) is 12.3. The van der Waals surface area contributed by atoms with Crippen molar-refractivity contribution >= 4 is 0 Å². The van der Waals surface area contributed by atoms with Gasteiger partial charge in [0.05, 0.1) is 5.69 Å². The first-order chi connectivity index (χ1) is 10.9. The molecule has 0 bridgehead atoms. The highest BCUT2D eigenvalue weighted by Crippen LogP contribution is 2.57. The van der Waals surface area contributed by atoms with Gasteiger partial charge in [-0.2, -0.15) is 0 Å². The zero-order chi connectivity index (χ0) is 14.8. The van der Waals surface area contributed by atoms with Crippen molar-refractivity contribution in [1.82, 2.24) is 9.97 Å². The van der Waals surface area contributed by atoms with E-state index >= 15 is 0 Å². The van der Waals surface area contributed by atoms with Gasteiger partial charge in [-0.25, -0.2) is 0 Å². The van der Waals surface area contributed by atoms with Gasteiger partial charge >= 0.3 is 0 Å². The van der Waals surface area contributed by atoms with Crippen molar-refractivity contribution in [3.05, 3.63) is 96.1 Å². The summed E-state index contributed by atoms with van der Waals surface area (Å²) in [5.74, 6) is 1.48. The molecular weight excluding hydrogens is 268 g/mol.